The van der Waals surface area contributed by atoms with Crippen LogP contribution in [-0.2, 0) is 18.2 Å². The number of ether oxygens (including phenoxy) is 1. The number of hydrogen-bond acceptors (Lipinski definition) is 3. The SMILES string of the molecule is C[C@H]1OC[C@@H]2[C@@H](C[C@@H]3c4c(c5ccccc5n4C)C[C@H]2N3C)[C@@H]1CO. The van der Waals surface area contributed by atoms with Gasteiger partial charge in [-0.25, -0.2) is 0 Å². The van der Waals surface area contributed by atoms with E-state index >= 15 is 0 Å². The molecule has 0 spiro atoms. The molecule has 2 fully saturated rings. The number of nitrogens with zero attached hydrogens (tertiary/aromatic N) is 2. The third kappa shape index (κ3) is 2.05. The number of fused-ring (bicyclic) bond motifs is 8. The number of rotatable bonds is 1. The topological polar surface area (TPSA) is 37.6 Å². The van der Waals surface area contributed by atoms with Crippen LogP contribution in [0.4, 0.5) is 0 Å². The molecule has 4 heteroatoms. The van der Waals surface area contributed by atoms with E-state index in [1.165, 1.54) is 16.6 Å². The lowest BCUT2D eigenvalue weighted by Crippen LogP contribution is -2.59. The number of likely N-dealkylation sites (N-methyl/N-ethyl adjacent to an activating group) is 1. The summed E-state index contributed by atoms with van der Waals surface area (Å²) >= 11 is 0. The molecule has 0 amide bonds. The van der Waals surface area contributed by atoms with Gasteiger partial charge in [0.1, 0.15) is 0 Å². The molecule has 1 N–H and O–H groups in total. The molecule has 1 aromatic carbocycles. The van der Waals surface area contributed by atoms with Crippen molar-refractivity contribution in [1.82, 2.24) is 9.47 Å². The third-order valence-electron chi connectivity index (χ3n) is 7.46. The smallest absolute Gasteiger partial charge is 0.0600 e. The Morgan fingerprint density at radius 1 is 1.20 bits per heavy atom. The van der Waals surface area contributed by atoms with Gasteiger partial charge in [0, 0.05) is 48.1 Å². The molecule has 134 valence electrons. The molecule has 1 aromatic heterocycles. The van der Waals surface area contributed by atoms with Gasteiger partial charge in [0.2, 0.25) is 0 Å². The highest BCUT2D eigenvalue weighted by Gasteiger charge is 2.51. The van der Waals surface area contributed by atoms with E-state index in [0.717, 1.165) is 19.4 Å². The summed E-state index contributed by atoms with van der Waals surface area (Å²) in [6, 6.07) is 9.79. The summed E-state index contributed by atoms with van der Waals surface area (Å²) in [7, 11) is 4.51. The minimum Gasteiger partial charge on any atom is -0.396 e. The average Bonchev–Trinajstić information content (AvgIpc) is 2.88. The number of hydrogen-bond donors (Lipinski definition) is 1. The average molecular weight is 340 g/mol. The predicted octanol–water partition coefficient (Wildman–Crippen LogP) is 2.74. The van der Waals surface area contributed by atoms with E-state index < -0.39 is 0 Å². The zero-order chi connectivity index (χ0) is 17.3. The van der Waals surface area contributed by atoms with E-state index in [2.05, 4.69) is 54.8 Å². The second kappa shape index (κ2) is 5.57. The normalized spacial score (nSPS) is 37.8. The maximum Gasteiger partial charge on any atom is 0.0600 e. The molecule has 0 radical (unpaired) electrons. The van der Waals surface area contributed by atoms with Gasteiger partial charge in [0.05, 0.1) is 18.8 Å². The van der Waals surface area contributed by atoms with Gasteiger partial charge in [0.25, 0.3) is 0 Å². The Hall–Kier alpha value is -1.36. The summed E-state index contributed by atoms with van der Waals surface area (Å²) in [6.07, 6.45) is 2.40. The van der Waals surface area contributed by atoms with E-state index in [4.69, 9.17) is 4.74 Å². The summed E-state index contributed by atoms with van der Waals surface area (Å²) in [6.45, 7) is 3.21. The summed E-state index contributed by atoms with van der Waals surface area (Å²) in [5, 5.41) is 11.4. The summed E-state index contributed by atoms with van der Waals surface area (Å²) in [4.78, 5) is 2.59. The minimum atomic E-state index is 0.169. The molecule has 3 aliphatic rings. The molecular formula is C21H28N2O2. The Morgan fingerprint density at radius 2 is 2.00 bits per heavy atom. The zero-order valence-electron chi connectivity index (χ0n) is 15.4. The van der Waals surface area contributed by atoms with Crippen LogP contribution < -0.4 is 0 Å². The van der Waals surface area contributed by atoms with Crippen molar-refractivity contribution in [2.24, 2.45) is 24.8 Å². The maximum atomic E-state index is 9.99. The second-order valence-electron chi connectivity index (χ2n) is 8.34. The van der Waals surface area contributed by atoms with Gasteiger partial charge in [-0.05, 0) is 44.4 Å². The van der Waals surface area contributed by atoms with Crippen molar-refractivity contribution < 1.29 is 9.84 Å². The first-order valence-electron chi connectivity index (χ1n) is 9.62. The minimum absolute atomic E-state index is 0.169. The van der Waals surface area contributed by atoms with Crippen molar-refractivity contribution in [2.45, 2.75) is 38.0 Å². The number of aliphatic hydroxyl groups excluding tert-OH is 1. The number of piperidine rings is 1. The zero-order valence-corrected chi connectivity index (χ0v) is 15.4. The first-order chi connectivity index (χ1) is 12.1. The molecule has 5 rings (SSSR count). The van der Waals surface area contributed by atoms with Crippen LogP contribution in [0.3, 0.4) is 0 Å². The number of aromatic nitrogens is 1. The van der Waals surface area contributed by atoms with E-state index in [-0.39, 0.29) is 18.6 Å². The third-order valence-corrected chi connectivity index (χ3v) is 7.46. The van der Waals surface area contributed by atoms with Crippen LogP contribution in [0.1, 0.15) is 30.6 Å². The van der Waals surface area contributed by atoms with Gasteiger partial charge in [-0.3, -0.25) is 4.90 Å². The van der Waals surface area contributed by atoms with E-state index in [1.807, 2.05) is 0 Å². The number of benzene rings is 1. The van der Waals surface area contributed by atoms with Gasteiger partial charge in [-0.15, -0.1) is 0 Å². The van der Waals surface area contributed by atoms with E-state index in [9.17, 15) is 5.11 Å². The monoisotopic (exact) mass is 340 g/mol. The van der Waals surface area contributed by atoms with Crippen molar-refractivity contribution in [2.75, 3.05) is 20.3 Å². The Kier molecular flexibility index (Phi) is 3.53. The van der Waals surface area contributed by atoms with Crippen LogP contribution in [-0.4, -0.2) is 47.0 Å². The number of para-hydroxylation sites is 1. The van der Waals surface area contributed by atoms with Crippen molar-refractivity contribution in [1.29, 1.82) is 0 Å². The molecule has 6 atom stereocenters. The molecule has 25 heavy (non-hydrogen) atoms. The summed E-state index contributed by atoms with van der Waals surface area (Å²) < 4.78 is 8.50. The number of aryl methyl sites for hydroxylation is 1. The van der Waals surface area contributed by atoms with Crippen LogP contribution in [0.2, 0.25) is 0 Å². The lowest BCUT2D eigenvalue weighted by atomic mass is 9.64. The largest absolute Gasteiger partial charge is 0.396 e. The van der Waals surface area contributed by atoms with Crippen molar-refractivity contribution >= 4 is 10.9 Å². The van der Waals surface area contributed by atoms with Gasteiger partial charge >= 0.3 is 0 Å². The number of aliphatic hydroxyl groups is 1. The van der Waals surface area contributed by atoms with Gasteiger partial charge < -0.3 is 14.4 Å². The van der Waals surface area contributed by atoms with Gasteiger partial charge in [-0.2, -0.15) is 0 Å². The highest BCUT2D eigenvalue weighted by Crippen LogP contribution is 2.52. The lowest BCUT2D eigenvalue weighted by molar-refractivity contribution is -0.150. The second-order valence-corrected chi connectivity index (χ2v) is 8.34. The molecule has 0 aliphatic carbocycles. The molecule has 2 aromatic rings. The Morgan fingerprint density at radius 3 is 2.80 bits per heavy atom. The van der Waals surface area contributed by atoms with Gasteiger partial charge in [-0.1, -0.05) is 18.2 Å². The molecule has 2 saturated heterocycles. The first-order valence-corrected chi connectivity index (χ1v) is 9.62. The molecule has 4 heterocycles. The fraction of sp³-hybridized carbons (Fsp3) is 0.619. The molecule has 0 unspecified atom stereocenters. The summed E-state index contributed by atoms with van der Waals surface area (Å²) in [5.74, 6) is 1.36. The predicted molar refractivity (Wildman–Crippen MR) is 98.5 cm³/mol. The molecular weight excluding hydrogens is 312 g/mol. The fourth-order valence-electron chi connectivity index (χ4n) is 6.10. The molecule has 0 saturated carbocycles. The van der Waals surface area contributed by atoms with Crippen LogP contribution >= 0.6 is 0 Å². The summed E-state index contributed by atoms with van der Waals surface area (Å²) in [5.41, 5.74) is 4.39. The van der Waals surface area contributed by atoms with Crippen molar-refractivity contribution in [3.05, 3.63) is 35.5 Å². The van der Waals surface area contributed by atoms with Crippen LogP contribution in [0.5, 0.6) is 0 Å². The van der Waals surface area contributed by atoms with E-state index in [0.29, 0.717) is 23.9 Å². The standard InChI is InChI=1S/C21H28N2O2/c1-12-16(10-24)14-8-20-21-15(9-19(22(20)2)17(14)11-25-12)13-6-4-5-7-18(13)23(21)3/h4-7,12,14,16-17,19-20,24H,8-11H2,1-3H3/t12-,14+,16-,17-,19-,20-/m1/s1. The lowest BCUT2D eigenvalue weighted by Gasteiger charge is -2.56. The van der Waals surface area contributed by atoms with Crippen molar-refractivity contribution in [3.63, 3.8) is 0 Å². The Bertz CT molecular complexity index is 814. The fourth-order valence-corrected chi connectivity index (χ4v) is 6.10. The molecule has 2 bridgehead atoms. The Labute approximate surface area is 149 Å². The van der Waals surface area contributed by atoms with Gasteiger partial charge in [0.15, 0.2) is 0 Å². The molecule has 3 aliphatic heterocycles. The van der Waals surface area contributed by atoms with Crippen LogP contribution in [0, 0.1) is 17.8 Å². The molecule has 4 nitrogen and oxygen atoms in total. The van der Waals surface area contributed by atoms with E-state index in [1.54, 1.807) is 5.56 Å². The highest BCUT2D eigenvalue weighted by atomic mass is 16.5. The van der Waals surface area contributed by atoms with Crippen LogP contribution in [0.25, 0.3) is 10.9 Å². The van der Waals surface area contributed by atoms with Crippen molar-refractivity contribution in [3.8, 4) is 0 Å². The van der Waals surface area contributed by atoms with Crippen LogP contribution in [0.15, 0.2) is 24.3 Å². The first kappa shape index (κ1) is 15.9. The maximum absolute atomic E-state index is 9.99. The Balaban J connectivity index is 1.65. The highest BCUT2D eigenvalue weighted by molar-refractivity contribution is 5.86. The quantitative estimate of drug-likeness (QED) is 0.867.